The summed E-state index contributed by atoms with van der Waals surface area (Å²) in [4.78, 5) is 2.23. The Kier molecular flexibility index (Phi) is 4.29. The average molecular weight is 390 g/mol. The molecule has 0 radical (unpaired) electrons. The second-order valence-corrected chi connectivity index (χ2v) is 8.87. The number of hydrogen-bond donors (Lipinski definition) is 0. The fourth-order valence-electron chi connectivity index (χ4n) is 4.68. The number of rotatable bonds is 3. The zero-order valence-corrected chi connectivity index (χ0v) is 18.1. The Labute approximate surface area is 179 Å². The topological polar surface area (TPSA) is 3.24 Å². The monoisotopic (exact) mass is 389 g/mol. The molecule has 0 atom stereocenters. The number of aryl methyl sites for hydroxylation is 1. The first-order valence-electron chi connectivity index (χ1n) is 10.6. The van der Waals surface area contributed by atoms with E-state index in [0.717, 1.165) is 0 Å². The Morgan fingerprint density at radius 3 is 1.87 bits per heavy atom. The zero-order chi connectivity index (χ0) is 20.9. The number of hydrogen-bond acceptors (Lipinski definition) is 1. The highest BCUT2D eigenvalue weighted by Gasteiger charge is 2.35. The molecule has 4 aromatic rings. The minimum atomic E-state index is 0.0353. The van der Waals surface area contributed by atoms with Crippen LogP contribution in [0.25, 0.3) is 22.3 Å². The van der Waals surface area contributed by atoms with Crippen LogP contribution in [0.1, 0.15) is 30.5 Å². The van der Waals surface area contributed by atoms with Crippen LogP contribution in [0.5, 0.6) is 0 Å². The van der Waals surface area contributed by atoms with E-state index < -0.39 is 0 Å². The van der Waals surface area contributed by atoms with E-state index in [1.165, 1.54) is 50.3 Å². The maximum absolute atomic E-state index is 2.38. The van der Waals surface area contributed by atoms with Gasteiger partial charge in [0.2, 0.25) is 0 Å². The zero-order valence-electron chi connectivity index (χ0n) is 18.1. The summed E-state index contributed by atoms with van der Waals surface area (Å²) in [5.41, 5.74) is 11.8. The third-order valence-electron chi connectivity index (χ3n) is 6.59. The van der Waals surface area contributed by atoms with Crippen LogP contribution >= 0.6 is 0 Å². The van der Waals surface area contributed by atoms with Crippen molar-refractivity contribution in [1.82, 2.24) is 0 Å². The lowest BCUT2D eigenvalue weighted by Gasteiger charge is -2.22. The van der Waals surface area contributed by atoms with Gasteiger partial charge in [-0.15, -0.1) is 0 Å². The van der Waals surface area contributed by atoms with Gasteiger partial charge in [0.1, 0.15) is 0 Å². The van der Waals surface area contributed by atoms with Gasteiger partial charge in [0.05, 0.1) is 0 Å². The Morgan fingerprint density at radius 2 is 1.17 bits per heavy atom. The third-order valence-corrected chi connectivity index (χ3v) is 6.59. The average Bonchev–Trinajstić information content (AvgIpc) is 3.01. The minimum Gasteiger partial charge on any atom is -0.345 e. The predicted octanol–water partition coefficient (Wildman–Crippen LogP) is 7.74. The van der Waals surface area contributed by atoms with Gasteiger partial charge >= 0.3 is 0 Å². The molecule has 1 nitrogen and oxygen atoms in total. The largest absolute Gasteiger partial charge is 0.345 e. The highest BCUT2D eigenvalue weighted by Crippen LogP contribution is 2.49. The molecular formula is C29H27N. The summed E-state index contributed by atoms with van der Waals surface area (Å²) in [6.45, 7) is 6.79. The van der Waals surface area contributed by atoms with Crippen LogP contribution in [0.2, 0.25) is 0 Å². The SMILES string of the molecule is Cc1ccc(N(C)c2ccc(-c3ccc4c(c3)C(C)(C)c3ccccc3-4)cc2)cc1. The van der Waals surface area contributed by atoms with E-state index in [0.29, 0.717) is 0 Å². The van der Waals surface area contributed by atoms with Crippen LogP contribution in [-0.2, 0) is 5.41 Å². The normalized spacial score (nSPS) is 13.6. The van der Waals surface area contributed by atoms with Gasteiger partial charge < -0.3 is 4.90 Å². The molecular weight excluding hydrogens is 362 g/mol. The molecule has 1 heteroatoms. The van der Waals surface area contributed by atoms with Crippen LogP contribution in [0.4, 0.5) is 11.4 Å². The molecule has 0 saturated heterocycles. The van der Waals surface area contributed by atoms with Crippen LogP contribution < -0.4 is 4.90 Å². The van der Waals surface area contributed by atoms with Crippen LogP contribution in [-0.4, -0.2) is 7.05 Å². The van der Waals surface area contributed by atoms with Crippen molar-refractivity contribution in [3.05, 3.63) is 108 Å². The molecule has 0 spiro atoms. The quantitative estimate of drug-likeness (QED) is 0.346. The predicted molar refractivity (Wildman–Crippen MR) is 129 cm³/mol. The fourth-order valence-corrected chi connectivity index (χ4v) is 4.68. The number of anilines is 2. The first-order valence-corrected chi connectivity index (χ1v) is 10.6. The molecule has 5 rings (SSSR count). The van der Waals surface area contributed by atoms with Gasteiger partial charge in [0.15, 0.2) is 0 Å². The van der Waals surface area contributed by atoms with Crippen LogP contribution in [0.15, 0.2) is 91.0 Å². The van der Waals surface area contributed by atoms with Gasteiger partial charge in [-0.25, -0.2) is 0 Å². The first kappa shape index (κ1) is 18.7. The van der Waals surface area contributed by atoms with Gasteiger partial charge in [-0.1, -0.05) is 80.1 Å². The van der Waals surface area contributed by atoms with E-state index in [1.54, 1.807) is 0 Å². The van der Waals surface area contributed by atoms with Gasteiger partial charge in [-0.2, -0.15) is 0 Å². The Morgan fingerprint density at radius 1 is 0.600 bits per heavy atom. The Hall–Kier alpha value is -3.32. The van der Waals surface area contributed by atoms with Crippen molar-refractivity contribution in [2.45, 2.75) is 26.2 Å². The summed E-state index contributed by atoms with van der Waals surface area (Å²) in [6.07, 6.45) is 0. The van der Waals surface area contributed by atoms with Gasteiger partial charge in [-0.05, 0) is 70.6 Å². The van der Waals surface area contributed by atoms with E-state index in [2.05, 4.69) is 124 Å². The summed E-state index contributed by atoms with van der Waals surface area (Å²) in [5.74, 6) is 0. The number of nitrogens with zero attached hydrogens (tertiary/aromatic N) is 1. The van der Waals surface area contributed by atoms with E-state index >= 15 is 0 Å². The summed E-state index contributed by atoms with van der Waals surface area (Å²) < 4.78 is 0. The summed E-state index contributed by atoms with van der Waals surface area (Å²) >= 11 is 0. The standard InChI is InChI=1S/C29H27N/c1-20-9-14-23(15-10-20)30(4)24-16-11-21(12-17-24)22-13-18-26-25-7-5-6-8-27(25)29(2,3)28(26)19-22/h5-19H,1-4H3. The second kappa shape index (κ2) is 6.88. The van der Waals surface area contributed by atoms with Gasteiger partial charge in [-0.3, -0.25) is 0 Å². The summed E-state index contributed by atoms with van der Waals surface area (Å²) in [6, 6.07) is 33.3. The highest BCUT2D eigenvalue weighted by molar-refractivity contribution is 5.83. The third kappa shape index (κ3) is 2.93. The smallest absolute Gasteiger partial charge is 0.0408 e. The molecule has 0 bridgehead atoms. The molecule has 1 aliphatic carbocycles. The molecule has 4 aromatic carbocycles. The molecule has 0 unspecified atom stereocenters. The van der Waals surface area contributed by atoms with E-state index in [-0.39, 0.29) is 5.41 Å². The number of benzene rings is 4. The fraction of sp³-hybridized carbons (Fsp3) is 0.172. The molecule has 1 aliphatic rings. The van der Waals surface area contributed by atoms with Gasteiger partial charge in [0.25, 0.3) is 0 Å². The molecule has 0 aromatic heterocycles. The lowest BCUT2D eigenvalue weighted by Crippen LogP contribution is -2.14. The molecule has 0 N–H and O–H groups in total. The maximum atomic E-state index is 2.38. The van der Waals surface area contributed by atoms with Gasteiger partial charge in [0, 0.05) is 23.8 Å². The Balaban J connectivity index is 1.48. The van der Waals surface area contributed by atoms with E-state index in [9.17, 15) is 0 Å². The molecule has 0 saturated carbocycles. The minimum absolute atomic E-state index is 0.0353. The molecule has 0 fully saturated rings. The van der Waals surface area contributed by atoms with Crippen LogP contribution in [0, 0.1) is 6.92 Å². The molecule has 148 valence electrons. The van der Waals surface area contributed by atoms with E-state index in [4.69, 9.17) is 0 Å². The van der Waals surface area contributed by atoms with Crippen molar-refractivity contribution in [1.29, 1.82) is 0 Å². The van der Waals surface area contributed by atoms with Crippen LogP contribution in [0.3, 0.4) is 0 Å². The molecule has 0 heterocycles. The van der Waals surface area contributed by atoms with Crippen molar-refractivity contribution < 1.29 is 0 Å². The van der Waals surface area contributed by atoms with Crippen molar-refractivity contribution >= 4 is 11.4 Å². The summed E-state index contributed by atoms with van der Waals surface area (Å²) in [7, 11) is 2.12. The van der Waals surface area contributed by atoms with Crippen molar-refractivity contribution in [3.8, 4) is 22.3 Å². The lowest BCUT2D eigenvalue weighted by atomic mass is 9.81. The second-order valence-electron chi connectivity index (χ2n) is 8.87. The lowest BCUT2D eigenvalue weighted by molar-refractivity contribution is 0.660. The molecule has 0 aliphatic heterocycles. The highest BCUT2D eigenvalue weighted by atomic mass is 15.1. The van der Waals surface area contributed by atoms with E-state index in [1.807, 2.05) is 0 Å². The Bertz CT molecular complexity index is 1210. The van der Waals surface area contributed by atoms with Crippen molar-refractivity contribution in [2.24, 2.45) is 0 Å². The van der Waals surface area contributed by atoms with Crippen molar-refractivity contribution in [3.63, 3.8) is 0 Å². The first-order chi connectivity index (χ1) is 14.4. The molecule has 30 heavy (non-hydrogen) atoms. The summed E-state index contributed by atoms with van der Waals surface area (Å²) in [5, 5.41) is 0. The number of fused-ring (bicyclic) bond motifs is 3. The van der Waals surface area contributed by atoms with Crippen molar-refractivity contribution in [2.75, 3.05) is 11.9 Å². The maximum Gasteiger partial charge on any atom is 0.0408 e. The molecule has 0 amide bonds.